The number of hydrogen-bond donors (Lipinski definition) is 2. The first kappa shape index (κ1) is 24.8. The van der Waals surface area contributed by atoms with Gasteiger partial charge in [-0.05, 0) is 31.0 Å². The maximum absolute atomic E-state index is 13.4. The van der Waals surface area contributed by atoms with Crippen molar-refractivity contribution in [1.82, 2.24) is 9.97 Å². The minimum Gasteiger partial charge on any atom is -1.00 e. The van der Waals surface area contributed by atoms with Gasteiger partial charge in [0.2, 0.25) is 5.60 Å². The second-order valence-electron chi connectivity index (χ2n) is 9.78. The number of piperidine rings is 3. The number of carbonyl (C=O) groups excluding carboxylic acids is 2. The number of nitrogens with zero attached hydrogens (tertiary/aromatic N) is 3. The third-order valence-corrected chi connectivity index (χ3v) is 7.78. The van der Waals surface area contributed by atoms with Crippen LogP contribution in [0.15, 0.2) is 41.4 Å². The van der Waals surface area contributed by atoms with E-state index in [1.807, 2.05) is 0 Å². The standard InChI is InChI=1S/C24H30N4O5.BrH/c29-22(27-21-7-10-25-16-26-21)15-28-11-8-17(9-12-28)19(14-28)33-23(30)24(31,18-4-1-2-5-18)20-6-3-13-32-20;/h3,6-7,10,13,16-19,31H,1-2,4-5,8-9,11-12,14-15H2;1H/t17?,19?,24-,28?;/m1./s1. The summed E-state index contributed by atoms with van der Waals surface area (Å²) in [5.41, 5.74) is -1.76. The summed E-state index contributed by atoms with van der Waals surface area (Å²) in [7, 11) is 0. The topological polar surface area (TPSA) is 115 Å². The van der Waals surface area contributed by atoms with E-state index in [1.54, 1.807) is 24.4 Å². The van der Waals surface area contributed by atoms with Crippen LogP contribution in [0, 0.1) is 11.8 Å². The average molecular weight is 535 g/mol. The number of halogens is 1. The second kappa shape index (κ2) is 10.1. The number of rotatable bonds is 7. The number of aliphatic hydroxyl groups is 1. The average Bonchev–Trinajstić information content (AvgIpc) is 3.54. The molecule has 2 bridgehead atoms. The van der Waals surface area contributed by atoms with Crippen LogP contribution in [-0.2, 0) is 19.9 Å². The van der Waals surface area contributed by atoms with E-state index in [4.69, 9.17) is 9.15 Å². The molecule has 10 heteroatoms. The van der Waals surface area contributed by atoms with Gasteiger partial charge in [0.15, 0.2) is 12.6 Å². The van der Waals surface area contributed by atoms with Crippen LogP contribution in [0.5, 0.6) is 0 Å². The van der Waals surface area contributed by atoms with Crippen LogP contribution < -0.4 is 22.3 Å². The highest BCUT2D eigenvalue weighted by atomic mass is 79.9. The van der Waals surface area contributed by atoms with E-state index in [2.05, 4.69) is 15.3 Å². The van der Waals surface area contributed by atoms with Crippen LogP contribution in [0.2, 0.25) is 0 Å². The summed E-state index contributed by atoms with van der Waals surface area (Å²) in [5, 5.41) is 14.4. The Balaban J connectivity index is 0.00000274. The van der Waals surface area contributed by atoms with Crippen LogP contribution in [0.1, 0.15) is 44.3 Å². The van der Waals surface area contributed by atoms with Gasteiger partial charge in [0, 0.05) is 30.9 Å². The summed E-state index contributed by atoms with van der Waals surface area (Å²) < 4.78 is 12.1. The Morgan fingerprint density at radius 1 is 1.21 bits per heavy atom. The number of hydrogen-bond acceptors (Lipinski definition) is 7. The highest BCUT2D eigenvalue weighted by molar-refractivity contribution is 5.90. The van der Waals surface area contributed by atoms with Crippen LogP contribution in [0.4, 0.5) is 5.82 Å². The first-order valence-electron chi connectivity index (χ1n) is 11.9. The zero-order valence-electron chi connectivity index (χ0n) is 19.1. The molecule has 184 valence electrons. The molecule has 34 heavy (non-hydrogen) atoms. The van der Waals surface area contributed by atoms with Crippen molar-refractivity contribution in [2.75, 3.05) is 31.5 Å². The number of furan rings is 1. The van der Waals surface area contributed by atoms with Crippen molar-refractivity contribution in [2.45, 2.75) is 50.2 Å². The van der Waals surface area contributed by atoms with Gasteiger partial charge < -0.3 is 41.0 Å². The molecule has 4 aliphatic rings. The molecule has 0 aromatic carbocycles. The number of aromatic nitrogens is 2. The summed E-state index contributed by atoms with van der Waals surface area (Å²) in [6.45, 7) is 2.63. The van der Waals surface area contributed by atoms with Crippen molar-refractivity contribution in [3.63, 3.8) is 0 Å². The van der Waals surface area contributed by atoms with Gasteiger partial charge in [-0.15, -0.1) is 0 Å². The van der Waals surface area contributed by atoms with Crippen molar-refractivity contribution >= 4 is 17.7 Å². The Bertz CT molecular complexity index is 975. The fraction of sp³-hybridized carbons (Fsp3) is 0.583. The van der Waals surface area contributed by atoms with E-state index in [9.17, 15) is 14.7 Å². The minimum absolute atomic E-state index is 0. The molecule has 2 aromatic heterocycles. The molecule has 3 aliphatic heterocycles. The molecule has 4 fully saturated rings. The molecular formula is C24H31BrN4O5. The lowest BCUT2D eigenvalue weighted by Crippen LogP contribution is -3.00. The summed E-state index contributed by atoms with van der Waals surface area (Å²) in [6, 6.07) is 5.00. The first-order chi connectivity index (χ1) is 16.0. The molecule has 1 aliphatic carbocycles. The van der Waals surface area contributed by atoms with E-state index in [0.717, 1.165) is 51.6 Å². The predicted molar refractivity (Wildman–Crippen MR) is 118 cm³/mol. The molecule has 9 nitrogen and oxygen atoms in total. The Hall–Kier alpha value is -2.30. The fourth-order valence-corrected chi connectivity index (χ4v) is 5.96. The first-order valence-corrected chi connectivity index (χ1v) is 11.9. The van der Waals surface area contributed by atoms with Crippen LogP contribution >= 0.6 is 0 Å². The lowest BCUT2D eigenvalue weighted by atomic mass is 9.81. The number of ether oxygens (including phenoxy) is 1. The van der Waals surface area contributed by atoms with Gasteiger partial charge in [-0.1, -0.05) is 12.8 Å². The van der Waals surface area contributed by atoms with Gasteiger partial charge in [0.25, 0.3) is 5.91 Å². The highest BCUT2D eigenvalue weighted by Crippen LogP contribution is 2.43. The minimum atomic E-state index is -1.76. The highest BCUT2D eigenvalue weighted by Gasteiger charge is 2.54. The van der Waals surface area contributed by atoms with Gasteiger partial charge in [-0.3, -0.25) is 4.79 Å². The maximum atomic E-state index is 13.4. The smallest absolute Gasteiger partial charge is 0.346 e. The number of quaternary nitrogens is 1. The third kappa shape index (κ3) is 4.76. The molecule has 1 unspecified atom stereocenters. The van der Waals surface area contributed by atoms with Crippen molar-refractivity contribution in [3.8, 4) is 0 Å². The normalized spacial score (nSPS) is 28.0. The number of esters is 1. The molecule has 2 atom stereocenters. The van der Waals surface area contributed by atoms with Crippen LogP contribution in [0.3, 0.4) is 0 Å². The maximum Gasteiger partial charge on any atom is 0.346 e. The summed E-state index contributed by atoms with van der Waals surface area (Å²) in [6.07, 6.45) is 9.41. The van der Waals surface area contributed by atoms with Gasteiger partial charge in [-0.2, -0.15) is 0 Å². The van der Waals surface area contributed by atoms with E-state index in [1.165, 1.54) is 12.6 Å². The number of anilines is 1. The fourth-order valence-electron chi connectivity index (χ4n) is 5.96. The summed E-state index contributed by atoms with van der Waals surface area (Å²) in [4.78, 5) is 34.1. The Morgan fingerprint density at radius 3 is 2.62 bits per heavy atom. The number of carbonyl (C=O) groups is 2. The molecule has 1 amide bonds. The van der Waals surface area contributed by atoms with Crippen LogP contribution in [-0.4, -0.2) is 63.7 Å². The van der Waals surface area contributed by atoms with E-state index in [-0.39, 0.29) is 46.6 Å². The zero-order valence-corrected chi connectivity index (χ0v) is 20.7. The Morgan fingerprint density at radius 2 is 1.97 bits per heavy atom. The van der Waals surface area contributed by atoms with Gasteiger partial charge in [0.1, 0.15) is 24.5 Å². The molecule has 5 heterocycles. The summed E-state index contributed by atoms with van der Waals surface area (Å²) in [5.74, 6) is 0.0446. The van der Waals surface area contributed by atoms with E-state index >= 15 is 0 Å². The third-order valence-electron chi connectivity index (χ3n) is 7.78. The molecule has 1 saturated carbocycles. The lowest BCUT2D eigenvalue weighted by molar-refractivity contribution is -0.939. The molecule has 6 rings (SSSR count). The van der Waals surface area contributed by atoms with Gasteiger partial charge in [-0.25, -0.2) is 14.8 Å². The van der Waals surface area contributed by atoms with Crippen molar-refractivity contribution in [3.05, 3.63) is 42.7 Å². The predicted octanol–water partition coefficient (Wildman–Crippen LogP) is -0.758. The largest absolute Gasteiger partial charge is 1.00 e. The van der Waals surface area contributed by atoms with Crippen molar-refractivity contribution < 1.29 is 45.3 Å². The molecule has 3 saturated heterocycles. The van der Waals surface area contributed by atoms with E-state index < -0.39 is 11.6 Å². The quantitative estimate of drug-likeness (QED) is 0.354. The SMILES string of the molecule is O=C(C[N+]12CCC(CC1)C(OC(=O)[C@](O)(c1ccco1)C1CCCC1)C2)Nc1ccncn1.[Br-]. The second-order valence-corrected chi connectivity index (χ2v) is 9.78. The molecular weight excluding hydrogens is 504 g/mol. The number of amides is 1. The zero-order chi connectivity index (χ0) is 22.9. The molecule has 0 spiro atoms. The van der Waals surface area contributed by atoms with E-state index in [0.29, 0.717) is 23.4 Å². The molecule has 0 radical (unpaired) electrons. The monoisotopic (exact) mass is 534 g/mol. The molecule has 2 N–H and O–H groups in total. The lowest BCUT2D eigenvalue weighted by Gasteiger charge is -2.51. The summed E-state index contributed by atoms with van der Waals surface area (Å²) >= 11 is 0. The Kier molecular flexibility index (Phi) is 7.39. The molecule has 2 aromatic rings. The van der Waals surface area contributed by atoms with Gasteiger partial charge in [0.05, 0.1) is 19.4 Å². The number of nitrogens with one attached hydrogen (secondary N) is 1. The van der Waals surface area contributed by atoms with Gasteiger partial charge >= 0.3 is 5.97 Å². The Labute approximate surface area is 209 Å². The number of fused-ring (bicyclic) bond motifs is 3. The van der Waals surface area contributed by atoms with Crippen molar-refractivity contribution in [1.29, 1.82) is 0 Å². The van der Waals surface area contributed by atoms with Crippen molar-refractivity contribution in [2.24, 2.45) is 11.8 Å². The van der Waals surface area contributed by atoms with Crippen LogP contribution in [0.25, 0.3) is 0 Å².